The molecule has 27 heavy (non-hydrogen) atoms. The molecule has 1 aliphatic carbocycles. The lowest BCUT2D eigenvalue weighted by atomic mass is 10.2. The van der Waals surface area contributed by atoms with Crippen molar-refractivity contribution in [3.63, 3.8) is 0 Å². The Labute approximate surface area is 160 Å². The summed E-state index contributed by atoms with van der Waals surface area (Å²) in [7, 11) is 0. The highest BCUT2D eigenvalue weighted by Gasteiger charge is 2.30. The van der Waals surface area contributed by atoms with Crippen LogP contribution < -0.4 is 16.4 Å². The van der Waals surface area contributed by atoms with E-state index in [1.807, 2.05) is 0 Å². The van der Waals surface area contributed by atoms with E-state index in [0.29, 0.717) is 24.4 Å². The SMILES string of the molecule is Cc1cncn(CCNC(=O)CC2CSc3nc4c(c(=O)n32)CCC4)c1=O. The van der Waals surface area contributed by atoms with Gasteiger partial charge in [-0.1, -0.05) is 11.8 Å². The number of aromatic nitrogens is 4. The summed E-state index contributed by atoms with van der Waals surface area (Å²) in [6.45, 7) is 2.42. The fourth-order valence-corrected chi connectivity index (χ4v) is 4.78. The predicted molar refractivity (Wildman–Crippen MR) is 101 cm³/mol. The first-order valence-electron chi connectivity index (χ1n) is 9.09. The molecule has 0 aromatic carbocycles. The Morgan fingerprint density at radius 1 is 1.33 bits per heavy atom. The number of hydrogen-bond acceptors (Lipinski definition) is 6. The molecule has 0 fully saturated rings. The first kappa shape index (κ1) is 18.0. The number of amides is 1. The fourth-order valence-electron chi connectivity index (χ4n) is 3.62. The van der Waals surface area contributed by atoms with E-state index in [9.17, 15) is 14.4 Å². The summed E-state index contributed by atoms with van der Waals surface area (Å²) in [5.74, 6) is 0.550. The van der Waals surface area contributed by atoms with Crippen molar-refractivity contribution >= 4 is 17.7 Å². The van der Waals surface area contributed by atoms with E-state index < -0.39 is 0 Å². The van der Waals surface area contributed by atoms with Crippen molar-refractivity contribution in [1.29, 1.82) is 0 Å². The van der Waals surface area contributed by atoms with Crippen molar-refractivity contribution in [2.75, 3.05) is 12.3 Å². The second kappa shape index (κ2) is 7.30. The number of rotatable bonds is 5. The largest absolute Gasteiger partial charge is 0.354 e. The molecular weight excluding hydrogens is 366 g/mol. The number of hydrogen-bond donors (Lipinski definition) is 1. The molecule has 8 nitrogen and oxygen atoms in total. The van der Waals surface area contributed by atoms with Crippen molar-refractivity contribution in [1.82, 2.24) is 24.4 Å². The third-order valence-corrected chi connectivity index (χ3v) is 6.14. The fraction of sp³-hybridized carbons (Fsp3) is 0.500. The van der Waals surface area contributed by atoms with Gasteiger partial charge in [-0.25, -0.2) is 9.97 Å². The average molecular weight is 387 g/mol. The van der Waals surface area contributed by atoms with Gasteiger partial charge in [0.05, 0.1) is 18.1 Å². The van der Waals surface area contributed by atoms with Crippen molar-refractivity contribution in [2.24, 2.45) is 0 Å². The van der Waals surface area contributed by atoms with E-state index in [-0.39, 0.29) is 29.5 Å². The van der Waals surface area contributed by atoms with Gasteiger partial charge in [0, 0.05) is 42.6 Å². The molecule has 1 amide bonds. The van der Waals surface area contributed by atoms with Crippen molar-refractivity contribution in [2.45, 2.75) is 50.4 Å². The standard InChI is InChI=1S/C18H21N5O3S/c1-11-8-19-10-22(16(11)25)6-5-20-15(24)7-12-9-27-18-21-14-4-2-3-13(14)17(26)23(12)18/h8,10,12H,2-7,9H2,1H3,(H,20,24). The van der Waals surface area contributed by atoms with Gasteiger partial charge >= 0.3 is 0 Å². The van der Waals surface area contributed by atoms with Crippen LogP contribution in [0.4, 0.5) is 0 Å². The first-order valence-corrected chi connectivity index (χ1v) is 10.1. The highest BCUT2D eigenvalue weighted by Crippen LogP contribution is 2.33. The van der Waals surface area contributed by atoms with E-state index in [1.165, 1.54) is 17.1 Å². The summed E-state index contributed by atoms with van der Waals surface area (Å²) in [4.78, 5) is 45.6. The second-order valence-electron chi connectivity index (χ2n) is 6.94. The number of carbonyl (C=O) groups is 1. The van der Waals surface area contributed by atoms with Crippen molar-refractivity contribution in [3.8, 4) is 0 Å². The number of aryl methyl sites for hydroxylation is 2. The molecule has 9 heteroatoms. The third-order valence-electron chi connectivity index (χ3n) is 5.04. The monoisotopic (exact) mass is 387 g/mol. The van der Waals surface area contributed by atoms with E-state index in [0.717, 1.165) is 35.7 Å². The van der Waals surface area contributed by atoms with Gasteiger partial charge in [0.15, 0.2) is 5.16 Å². The Bertz CT molecular complexity index is 1010. The molecule has 3 heterocycles. The Hall–Kier alpha value is -2.42. The van der Waals surface area contributed by atoms with Gasteiger partial charge in [0.1, 0.15) is 0 Å². The number of fused-ring (bicyclic) bond motifs is 2. The van der Waals surface area contributed by atoms with Crippen LogP contribution in [0.1, 0.15) is 35.7 Å². The van der Waals surface area contributed by atoms with Crippen molar-refractivity contribution in [3.05, 3.63) is 50.1 Å². The number of carbonyl (C=O) groups excluding carboxylic acids is 1. The topological polar surface area (TPSA) is 98.9 Å². The predicted octanol–water partition coefficient (Wildman–Crippen LogP) is 0.450. The van der Waals surface area contributed by atoms with E-state index in [2.05, 4.69) is 15.3 Å². The maximum Gasteiger partial charge on any atom is 0.257 e. The minimum absolute atomic E-state index is 0.0210. The smallest absolute Gasteiger partial charge is 0.257 e. The number of nitrogens with zero attached hydrogens (tertiary/aromatic N) is 4. The van der Waals surface area contributed by atoms with Crippen LogP contribution in [0.3, 0.4) is 0 Å². The molecule has 4 rings (SSSR count). The molecule has 142 valence electrons. The molecular formula is C18H21N5O3S. The van der Waals surface area contributed by atoms with Crippen LogP contribution in [-0.4, -0.2) is 37.3 Å². The zero-order valence-electron chi connectivity index (χ0n) is 15.1. The minimum atomic E-state index is -0.167. The molecule has 1 N–H and O–H groups in total. The van der Waals surface area contributed by atoms with Gasteiger partial charge in [-0.15, -0.1) is 0 Å². The summed E-state index contributed by atoms with van der Waals surface area (Å²) in [5, 5.41) is 3.57. The Morgan fingerprint density at radius 2 is 2.19 bits per heavy atom. The van der Waals surface area contributed by atoms with Gasteiger partial charge in [-0.3, -0.25) is 23.5 Å². The lowest BCUT2D eigenvalue weighted by molar-refractivity contribution is -0.121. The molecule has 2 aliphatic rings. The summed E-state index contributed by atoms with van der Waals surface area (Å²) in [6, 6.07) is -0.167. The van der Waals surface area contributed by atoms with E-state index >= 15 is 0 Å². The molecule has 1 unspecified atom stereocenters. The van der Waals surface area contributed by atoms with Crippen LogP contribution >= 0.6 is 11.8 Å². The first-order chi connectivity index (χ1) is 13.0. The van der Waals surface area contributed by atoms with Gasteiger partial charge in [-0.05, 0) is 26.2 Å². The molecule has 2 aromatic rings. The van der Waals surface area contributed by atoms with Crippen LogP contribution in [0, 0.1) is 6.92 Å². The molecule has 1 atom stereocenters. The Balaban J connectivity index is 1.39. The normalized spacial score (nSPS) is 17.6. The zero-order valence-corrected chi connectivity index (χ0v) is 15.9. The van der Waals surface area contributed by atoms with E-state index in [4.69, 9.17) is 0 Å². The average Bonchev–Trinajstić information content (AvgIpc) is 3.26. The maximum atomic E-state index is 12.7. The van der Waals surface area contributed by atoms with Crippen LogP contribution in [0.2, 0.25) is 0 Å². The summed E-state index contributed by atoms with van der Waals surface area (Å²) >= 11 is 1.54. The lowest BCUT2D eigenvalue weighted by Gasteiger charge is -2.14. The molecule has 2 aromatic heterocycles. The lowest BCUT2D eigenvalue weighted by Crippen LogP contribution is -2.34. The van der Waals surface area contributed by atoms with Crippen LogP contribution in [0.5, 0.6) is 0 Å². The minimum Gasteiger partial charge on any atom is -0.354 e. The van der Waals surface area contributed by atoms with Crippen LogP contribution in [-0.2, 0) is 24.2 Å². The second-order valence-corrected chi connectivity index (χ2v) is 7.93. The summed E-state index contributed by atoms with van der Waals surface area (Å²) < 4.78 is 3.18. The molecule has 0 radical (unpaired) electrons. The van der Waals surface area contributed by atoms with Crippen molar-refractivity contribution < 1.29 is 4.79 Å². The maximum absolute atomic E-state index is 12.7. The Kier molecular flexibility index (Phi) is 4.86. The highest BCUT2D eigenvalue weighted by molar-refractivity contribution is 7.99. The quantitative estimate of drug-likeness (QED) is 0.748. The number of thioether (sulfide) groups is 1. The zero-order chi connectivity index (χ0) is 19.0. The molecule has 1 aliphatic heterocycles. The van der Waals surface area contributed by atoms with Gasteiger partial charge in [0.2, 0.25) is 5.91 Å². The van der Waals surface area contributed by atoms with Gasteiger partial charge in [0.25, 0.3) is 11.1 Å². The van der Waals surface area contributed by atoms with Crippen LogP contribution in [0.25, 0.3) is 0 Å². The molecule has 0 saturated carbocycles. The summed E-state index contributed by atoms with van der Waals surface area (Å²) in [6.07, 6.45) is 5.86. The van der Waals surface area contributed by atoms with Gasteiger partial charge in [-0.2, -0.15) is 0 Å². The summed E-state index contributed by atoms with van der Waals surface area (Å²) in [5.41, 5.74) is 2.24. The highest BCUT2D eigenvalue weighted by atomic mass is 32.2. The molecule has 0 saturated heterocycles. The third kappa shape index (κ3) is 3.43. The molecule has 0 spiro atoms. The number of nitrogens with one attached hydrogen (secondary N) is 1. The van der Waals surface area contributed by atoms with Crippen LogP contribution in [0.15, 0.2) is 27.3 Å². The van der Waals surface area contributed by atoms with E-state index in [1.54, 1.807) is 23.3 Å². The Morgan fingerprint density at radius 3 is 3.04 bits per heavy atom. The molecule has 0 bridgehead atoms. The van der Waals surface area contributed by atoms with Gasteiger partial charge < -0.3 is 5.32 Å².